The first kappa shape index (κ1) is 18.6. The molecule has 1 saturated heterocycles. The zero-order valence-electron chi connectivity index (χ0n) is 13.5. The van der Waals surface area contributed by atoms with Crippen molar-refractivity contribution in [1.29, 1.82) is 0 Å². The fourth-order valence-electron chi connectivity index (χ4n) is 2.58. The number of hydrogen-bond donors (Lipinski definition) is 2. The molecule has 1 heterocycles. The highest BCUT2D eigenvalue weighted by Crippen LogP contribution is 2.32. The normalized spacial score (nSPS) is 20.4. The Morgan fingerprint density at radius 1 is 1.32 bits per heavy atom. The molecule has 0 aromatic heterocycles. The maximum Gasteiger partial charge on any atom is 0.326 e. The van der Waals surface area contributed by atoms with Gasteiger partial charge in [0.05, 0.1) is 6.54 Å². The van der Waals surface area contributed by atoms with Crippen molar-refractivity contribution in [3.8, 4) is 0 Å². The Bertz CT molecular complexity index is 691. The van der Waals surface area contributed by atoms with E-state index in [1.807, 2.05) is 6.07 Å². The number of nitrogens with one attached hydrogen (secondary N) is 1. The first-order valence-electron chi connectivity index (χ1n) is 7.64. The Hall–Kier alpha value is -2.77. The Labute approximate surface area is 143 Å². The van der Waals surface area contributed by atoms with Crippen LogP contribution in [-0.4, -0.2) is 52.3 Å². The van der Waals surface area contributed by atoms with Gasteiger partial charge in [-0.25, -0.2) is 13.6 Å². The van der Waals surface area contributed by atoms with Gasteiger partial charge in [0.1, 0.15) is 12.1 Å². The number of carbonyl (C=O) groups excluding carboxylic acids is 2. The summed E-state index contributed by atoms with van der Waals surface area (Å²) in [5, 5.41) is 11.4. The van der Waals surface area contributed by atoms with Gasteiger partial charge in [-0.3, -0.25) is 9.59 Å². The number of carboxylic acids is 1. The quantitative estimate of drug-likeness (QED) is 0.787. The third-order valence-electron chi connectivity index (χ3n) is 3.79. The van der Waals surface area contributed by atoms with Crippen molar-refractivity contribution in [1.82, 2.24) is 10.2 Å². The van der Waals surface area contributed by atoms with Crippen LogP contribution in [0.3, 0.4) is 0 Å². The van der Waals surface area contributed by atoms with E-state index in [2.05, 4.69) is 5.32 Å². The Kier molecular flexibility index (Phi) is 5.51. The number of carboxylic acid groups (broad SMARTS) is 1. The van der Waals surface area contributed by atoms with Crippen LogP contribution in [-0.2, 0) is 14.4 Å². The van der Waals surface area contributed by atoms with Crippen molar-refractivity contribution < 1.29 is 28.3 Å². The summed E-state index contributed by atoms with van der Waals surface area (Å²) < 4.78 is 26.9. The van der Waals surface area contributed by atoms with E-state index in [4.69, 9.17) is 5.11 Å². The maximum absolute atomic E-state index is 13.4. The molecule has 0 saturated carbocycles. The van der Waals surface area contributed by atoms with Gasteiger partial charge < -0.3 is 15.3 Å². The highest BCUT2D eigenvalue weighted by Gasteiger charge is 2.50. The Morgan fingerprint density at radius 2 is 1.96 bits per heavy atom. The van der Waals surface area contributed by atoms with E-state index >= 15 is 0 Å². The highest BCUT2D eigenvalue weighted by molar-refractivity contribution is 5.96. The van der Waals surface area contributed by atoms with Crippen molar-refractivity contribution >= 4 is 23.9 Å². The third kappa shape index (κ3) is 4.85. The zero-order valence-corrected chi connectivity index (χ0v) is 13.5. The molecule has 2 N–H and O–H groups in total. The van der Waals surface area contributed by atoms with Gasteiger partial charge in [-0.1, -0.05) is 30.3 Å². The van der Waals surface area contributed by atoms with Crippen LogP contribution < -0.4 is 5.32 Å². The lowest BCUT2D eigenvalue weighted by atomic mass is 10.2. The largest absolute Gasteiger partial charge is 0.480 e. The average Bonchev–Trinajstić information content (AvgIpc) is 2.89. The van der Waals surface area contributed by atoms with Crippen LogP contribution in [0.2, 0.25) is 0 Å². The number of alkyl halides is 2. The fraction of sp³-hybridized carbons (Fsp3) is 0.353. The number of hydrogen-bond acceptors (Lipinski definition) is 3. The summed E-state index contributed by atoms with van der Waals surface area (Å²) in [7, 11) is 0. The highest BCUT2D eigenvalue weighted by atomic mass is 19.3. The molecule has 6 nitrogen and oxygen atoms in total. The van der Waals surface area contributed by atoms with Crippen LogP contribution in [0.4, 0.5) is 8.78 Å². The van der Waals surface area contributed by atoms with Gasteiger partial charge in [0, 0.05) is 12.5 Å². The number of aliphatic carboxylic acids is 1. The van der Waals surface area contributed by atoms with E-state index in [0.717, 1.165) is 5.56 Å². The minimum absolute atomic E-state index is 0.581. The van der Waals surface area contributed by atoms with Crippen LogP contribution in [0.15, 0.2) is 36.4 Å². The van der Waals surface area contributed by atoms with E-state index in [1.54, 1.807) is 24.3 Å². The molecule has 2 rings (SSSR count). The number of amides is 2. The van der Waals surface area contributed by atoms with Gasteiger partial charge in [-0.15, -0.1) is 0 Å². The molecule has 1 unspecified atom stereocenters. The van der Waals surface area contributed by atoms with E-state index < -0.39 is 48.8 Å². The molecule has 8 heteroatoms. The van der Waals surface area contributed by atoms with E-state index in [-0.39, 0.29) is 0 Å². The van der Waals surface area contributed by atoms with E-state index in [9.17, 15) is 23.2 Å². The van der Waals surface area contributed by atoms with Crippen molar-refractivity contribution in [3.63, 3.8) is 0 Å². The van der Waals surface area contributed by atoms with Gasteiger partial charge in [0.2, 0.25) is 11.8 Å². The number of halogens is 2. The van der Waals surface area contributed by atoms with Crippen molar-refractivity contribution in [2.45, 2.75) is 31.4 Å². The molecule has 0 bridgehead atoms. The molecule has 0 aliphatic carbocycles. The second kappa shape index (κ2) is 7.42. The molecule has 1 aromatic rings. The lowest BCUT2D eigenvalue weighted by molar-refractivity contribution is -0.149. The van der Waals surface area contributed by atoms with Crippen LogP contribution in [0, 0.1) is 0 Å². The lowest BCUT2D eigenvalue weighted by Crippen LogP contribution is -2.50. The number of benzene rings is 1. The van der Waals surface area contributed by atoms with Gasteiger partial charge in [0.15, 0.2) is 0 Å². The monoisotopic (exact) mass is 352 g/mol. The summed E-state index contributed by atoms with van der Waals surface area (Å²) in [6.45, 7) is 0.356. The van der Waals surface area contributed by atoms with Crippen molar-refractivity contribution in [3.05, 3.63) is 42.0 Å². The van der Waals surface area contributed by atoms with Gasteiger partial charge in [0.25, 0.3) is 5.92 Å². The van der Waals surface area contributed by atoms with Crippen molar-refractivity contribution in [2.24, 2.45) is 0 Å². The van der Waals surface area contributed by atoms with Gasteiger partial charge in [-0.05, 0) is 18.6 Å². The third-order valence-corrected chi connectivity index (χ3v) is 3.79. The summed E-state index contributed by atoms with van der Waals surface area (Å²) in [6.07, 6.45) is 1.83. The maximum atomic E-state index is 13.4. The number of likely N-dealkylation sites (tertiary alicyclic amines) is 1. The molecule has 25 heavy (non-hydrogen) atoms. The summed E-state index contributed by atoms with van der Waals surface area (Å²) >= 11 is 0. The SMILES string of the molecule is CC(NC(=O)/C=C/c1ccccc1)C(=O)N1CC(F)(F)C[C@H]1C(=O)O. The molecule has 2 atom stereocenters. The van der Waals surface area contributed by atoms with Crippen LogP contribution in [0.25, 0.3) is 6.08 Å². The summed E-state index contributed by atoms with van der Waals surface area (Å²) in [4.78, 5) is 35.8. The van der Waals surface area contributed by atoms with Crippen LogP contribution in [0.1, 0.15) is 18.9 Å². The molecular formula is C17H18F2N2O4. The van der Waals surface area contributed by atoms with E-state index in [1.165, 1.54) is 19.1 Å². The lowest BCUT2D eigenvalue weighted by Gasteiger charge is -2.24. The standard InChI is InChI=1S/C17H18F2N2O4/c1-11(20-14(22)8-7-12-5-3-2-4-6-12)15(23)21-10-17(18,19)9-13(21)16(24)25/h2-8,11,13H,9-10H2,1H3,(H,20,22)(H,24,25)/b8-7+/t11?,13-/m0/s1. The summed E-state index contributed by atoms with van der Waals surface area (Å²) in [5.74, 6) is -6.18. The first-order chi connectivity index (χ1) is 11.7. The molecule has 1 aromatic carbocycles. The molecule has 134 valence electrons. The number of rotatable bonds is 5. The average molecular weight is 352 g/mol. The first-order valence-corrected chi connectivity index (χ1v) is 7.64. The predicted octanol–water partition coefficient (Wildman–Crippen LogP) is 1.53. The smallest absolute Gasteiger partial charge is 0.326 e. The van der Waals surface area contributed by atoms with Crippen molar-refractivity contribution in [2.75, 3.05) is 6.54 Å². The van der Waals surface area contributed by atoms with E-state index in [0.29, 0.717) is 4.90 Å². The second-order valence-electron chi connectivity index (χ2n) is 5.85. The minimum atomic E-state index is -3.25. The van der Waals surface area contributed by atoms with Gasteiger partial charge >= 0.3 is 5.97 Å². The molecule has 1 fully saturated rings. The Balaban J connectivity index is 1.98. The second-order valence-corrected chi connectivity index (χ2v) is 5.85. The minimum Gasteiger partial charge on any atom is -0.480 e. The Morgan fingerprint density at radius 3 is 2.56 bits per heavy atom. The van der Waals surface area contributed by atoms with Crippen LogP contribution in [0.5, 0.6) is 0 Å². The van der Waals surface area contributed by atoms with Gasteiger partial charge in [-0.2, -0.15) is 0 Å². The number of carbonyl (C=O) groups is 3. The zero-order chi connectivity index (χ0) is 18.6. The molecule has 0 spiro atoms. The van der Waals surface area contributed by atoms with Crippen LogP contribution >= 0.6 is 0 Å². The molecule has 0 radical (unpaired) electrons. The number of nitrogens with zero attached hydrogens (tertiary/aromatic N) is 1. The molecular weight excluding hydrogens is 334 g/mol. The molecule has 1 aliphatic rings. The fourth-order valence-corrected chi connectivity index (χ4v) is 2.58. The topological polar surface area (TPSA) is 86.7 Å². The molecule has 1 aliphatic heterocycles. The predicted molar refractivity (Wildman–Crippen MR) is 85.8 cm³/mol. The summed E-state index contributed by atoms with van der Waals surface area (Å²) in [5.41, 5.74) is 0.779. The molecule has 2 amide bonds. The summed E-state index contributed by atoms with van der Waals surface area (Å²) in [6, 6.07) is 6.25.